The van der Waals surface area contributed by atoms with Crippen molar-refractivity contribution in [3.8, 4) is 11.1 Å². The highest BCUT2D eigenvalue weighted by Crippen LogP contribution is 2.38. The first-order valence-electron chi connectivity index (χ1n) is 22.0. The number of carbonyl (C=O) groups is 2. The first-order chi connectivity index (χ1) is 30.4. The average molecular weight is 931 g/mol. The quantitative estimate of drug-likeness (QED) is 0.0963. The van der Waals surface area contributed by atoms with E-state index in [0.29, 0.717) is 36.7 Å². The van der Waals surface area contributed by atoms with Crippen LogP contribution in [-0.4, -0.2) is 99.3 Å². The summed E-state index contributed by atoms with van der Waals surface area (Å²) in [7, 11) is 0. The van der Waals surface area contributed by atoms with Gasteiger partial charge in [-0.1, -0.05) is 74.2 Å². The summed E-state index contributed by atoms with van der Waals surface area (Å²) in [4.78, 5) is 31.3. The standard InChI is InChI=1S/C22H25F3N2OS.C22H31N3O2S2.C2H6.CH3NO/c23-22(24,25)19-4-1-16(2-5-19)18-3-6-21(26-15-18)17-7-11-27(12-8-17)29-20-9-13-28-14-10-20;1-3-27-14-11-22(2,21(23)26)29-25-12-9-17(10-13-25)19-8-7-18(16-24-19)20-6-4-5-15-28-20;1-2;2-1-3/h1-6,15,17,20H,7-14H2;4-8,16-17H,3,9-15H2,1-2H3,(H2,23,26);1-2H3;1H,(H2,2,3). The van der Waals surface area contributed by atoms with E-state index in [1.807, 2.05) is 69.7 Å². The molecule has 7 rings (SSSR count). The Kier molecular flexibility index (Phi) is 22.5. The summed E-state index contributed by atoms with van der Waals surface area (Å²) in [6.07, 6.45) is 13.3. The molecule has 3 fully saturated rings. The second-order valence-electron chi connectivity index (χ2n) is 15.4. The molecule has 63 heavy (non-hydrogen) atoms. The highest BCUT2D eigenvalue weighted by Gasteiger charge is 2.36. The number of carbonyl (C=O) groups excluding carboxylic acids is 2. The van der Waals surface area contributed by atoms with Crippen molar-refractivity contribution in [3.63, 3.8) is 0 Å². The highest BCUT2D eigenvalue weighted by molar-refractivity contribution is 8.08. The van der Waals surface area contributed by atoms with Gasteiger partial charge in [0.1, 0.15) is 4.75 Å². The number of primary amides is 2. The van der Waals surface area contributed by atoms with Gasteiger partial charge in [0, 0.05) is 115 Å². The van der Waals surface area contributed by atoms with Gasteiger partial charge in [-0.25, -0.2) is 4.31 Å². The topological polar surface area (TPSA) is 137 Å². The molecule has 6 heterocycles. The van der Waals surface area contributed by atoms with Gasteiger partial charge in [0.05, 0.1) is 5.56 Å². The van der Waals surface area contributed by atoms with Crippen LogP contribution >= 0.6 is 35.7 Å². The van der Waals surface area contributed by atoms with Gasteiger partial charge in [0.15, 0.2) is 0 Å². The van der Waals surface area contributed by atoms with Gasteiger partial charge in [0.2, 0.25) is 12.3 Å². The van der Waals surface area contributed by atoms with Crippen molar-refractivity contribution in [1.82, 2.24) is 18.6 Å². The summed E-state index contributed by atoms with van der Waals surface area (Å²) >= 11 is 5.43. The molecule has 1 unspecified atom stereocenters. The minimum absolute atomic E-state index is 0.250. The van der Waals surface area contributed by atoms with Gasteiger partial charge in [-0.3, -0.25) is 23.9 Å². The lowest BCUT2D eigenvalue weighted by Crippen LogP contribution is -2.43. The van der Waals surface area contributed by atoms with Crippen LogP contribution in [0.5, 0.6) is 0 Å². The molecule has 10 nitrogen and oxygen atoms in total. The summed E-state index contributed by atoms with van der Waals surface area (Å²) in [6, 6.07) is 13.6. The molecule has 4 aliphatic rings. The predicted molar refractivity (Wildman–Crippen MR) is 255 cm³/mol. The van der Waals surface area contributed by atoms with Crippen LogP contribution in [0.2, 0.25) is 0 Å². The van der Waals surface area contributed by atoms with E-state index in [2.05, 4.69) is 49.7 Å². The largest absolute Gasteiger partial charge is 0.416 e. The van der Waals surface area contributed by atoms with Gasteiger partial charge < -0.3 is 20.9 Å². The van der Waals surface area contributed by atoms with E-state index >= 15 is 0 Å². The lowest BCUT2D eigenvalue weighted by atomic mass is 9.93. The molecule has 4 N–H and O–H groups in total. The Morgan fingerprint density at radius 3 is 1.89 bits per heavy atom. The van der Waals surface area contributed by atoms with Crippen molar-refractivity contribution in [2.45, 2.75) is 101 Å². The van der Waals surface area contributed by atoms with Crippen LogP contribution in [0.15, 0.2) is 79.2 Å². The van der Waals surface area contributed by atoms with Crippen LogP contribution in [0, 0.1) is 0 Å². The molecule has 0 spiro atoms. The van der Waals surface area contributed by atoms with Crippen molar-refractivity contribution in [3.05, 3.63) is 102 Å². The molecular weight excluding hydrogens is 866 g/mol. The van der Waals surface area contributed by atoms with Crippen molar-refractivity contribution in [2.24, 2.45) is 11.5 Å². The van der Waals surface area contributed by atoms with Gasteiger partial charge in [-0.05, 0) is 94.7 Å². The van der Waals surface area contributed by atoms with Crippen molar-refractivity contribution >= 4 is 52.9 Å². The fourth-order valence-electron chi connectivity index (χ4n) is 7.44. The molecule has 346 valence electrons. The monoisotopic (exact) mass is 930 g/mol. The predicted octanol–water partition coefficient (Wildman–Crippen LogP) is 10.1. The van der Waals surface area contributed by atoms with Crippen LogP contribution in [-0.2, 0) is 25.2 Å². The number of ether oxygens (including phenoxy) is 2. The highest BCUT2D eigenvalue weighted by atomic mass is 32.2. The number of amides is 2. The second-order valence-corrected chi connectivity index (χ2v) is 19.4. The lowest BCUT2D eigenvalue weighted by Gasteiger charge is -2.36. The molecule has 16 heteroatoms. The first-order valence-corrected chi connectivity index (χ1v) is 24.6. The number of hydrogen-bond acceptors (Lipinski definition) is 11. The molecule has 0 saturated carbocycles. The normalized spacial score (nSPS) is 18.9. The SMILES string of the molecule is CC.CCOCCC(C)(SN1CCC(c2ccc(C3=CC=CCS3)cn2)CC1)C(N)=O.FC(F)(F)c1ccc(-c2ccc(C3CCN(SC4CCOCC4)CC3)nc2)cc1.NC=O. The molecule has 2 amide bonds. The van der Waals surface area contributed by atoms with Gasteiger partial charge in [0.25, 0.3) is 0 Å². The number of aromatic nitrogens is 2. The number of alkyl halides is 3. The maximum atomic E-state index is 12.7. The number of halogens is 3. The average Bonchev–Trinajstić information content (AvgIpc) is 3.31. The van der Waals surface area contributed by atoms with E-state index in [9.17, 15) is 18.0 Å². The molecule has 1 atom stereocenters. The number of thioether (sulfide) groups is 1. The Bertz CT molecular complexity index is 1850. The summed E-state index contributed by atoms with van der Waals surface area (Å²) < 4.78 is 53.2. The maximum Gasteiger partial charge on any atom is 0.416 e. The number of allylic oxidation sites excluding steroid dienone is 2. The Labute approximate surface area is 385 Å². The van der Waals surface area contributed by atoms with E-state index in [0.717, 1.165) is 113 Å². The number of nitrogens with zero attached hydrogens (tertiary/aromatic N) is 4. The third-order valence-electron chi connectivity index (χ3n) is 11.1. The molecule has 0 aliphatic carbocycles. The molecule has 0 radical (unpaired) electrons. The minimum atomic E-state index is -4.31. The molecule has 3 aromatic rings. The van der Waals surface area contributed by atoms with Gasteiger partial charge in [-0.2, -0.15) is 13.2 Å². The molecule has 4 aliphatic heterocycles. The number of piperidine rings is 2. The summed E-state index contributed by atoms with van der Waals surface area (Å²) in [5, 5.41) is 0.682. The van der Waals surface area contributed by atoms with Crippen molar-refractivity contribution < 1.29 is 32.2 Å². The zero-order valence-corrected chi connectivity index (χ0v) is 39.5. The van der Waals surface area contributed by atoms with Crippen LogP contribution in [0.4, 0.5) is 13.2 Å². The number of nitrogens with two attached hydrogens (primary N) is 2. The third kappa shape index (κ3) is 16.8. The molecule has 3 saturated heterocycles. The fraction of sp³-hybridized carbons (Fsp3) is 0.532. The van der Waals surface area contributed by atoms with Gasteiger partial charge >= 0.3 is 6.18 Å². The zero-order chi connectivity index (χ0) is 45.7. The Morgan fingerprint density at radius 2 is 1.41 bits per heavy atom. The van der Waals surface area contributed by atoms with Crippen molar-refractivity contribution in [2.75, 3.05) is 58.4 Å². The fourth-order valence-corrected chi connectivity index (χ4v) is 10.8. The summed E-state index contributed by atoms with van der Waals surface area (Å²) in [5.74, 6) is 1.67. The number of benzene rings is 1. The maximum absolute atomic E-state index is 12.7. The second kappa shape index (κ2) is 27.2. The Balaban J connectivity index is 0.000000251. The molecule has 2 aromatic heterocycles. The van der Waals surface area contributed by atoms with E-state index in [1.165, 1.54) is 28.3 Å². The van der Waals surface area contributed by atoms with Crippen LogP contribution in [0.1, 0.15) is 107 Å². The minimum Gasteiger partial charge on any atom is -0.382 e. The summed E-state index contributed by atoms with van der Waals surface area (Å²) in [5.41, 5.74) is 14.3. The van der Waals surface area contributed by atoms with E-state index in [-0.39, 0.29) is 12.3 Å². The Hall–Kier alpha value is -3.38. The van der Waals surface area contributed by atoms with Gasteiger partial charge in [-0.15, -0.1) is 11.8 Å². The van der Waals surface area contributed by atoms with E-state index in [4.69, 9.17) is 25.0 Å². The van der Waals surface area contributed by atoms with Crippen LogP contribution in [0.25, 0.3) is 16.0 Å². The van der Waals surface area contributed by atoms with E-state index in [1.54, 1.807) is 18.1 Å². The lowest BCUT2D eigenvalue weighted by molar-refractivity contribution is -0.137. The third-order valence-corrected chi connectivity index (χ3v) is 15.0. The van der Waals surface area contributed by atoms with Crippen LogP contribution in [0.3, 0.4) is 0 Å². The zero-order valence-electron chi connectivity index (χ0n) is 37.1. The number of pyridine rings is 2. The smallest absolute Gasteiger partial charge is 0.382 e. The molecule has 1 aromatic carbocycles. The molecule has 0 bridgehead atoms. The van der Waals surface area contributed by atoms with Crippen LogP contribution < -0.4 is 11.5 Å². The number of rotatable bonds is 13. The first kappa shape index (κ1) is 52.2. The summed E-state index contributed by atoms with van der Waals surface area (Å²) in [6.45, 7) is 14.9. The number of hydrogen-bond donors (Lipinski definition) is 2. The van der Waals surface area contributed by atoms with Crippen molar-refractivity contribution in [1.29, 1.82) is 0 Å². The van der Waals surface area contributed by atoms with E-state index < -0.39 is 16.5 Å². The Morgan fingerprint density at radius 1 is 0.873 bits per heavy atom. The molecular formula is C47H65F3N6O4S3.